The monoisotopic (exact) mass is 263 g/mol. The summed E-state index contributed by atoms with van der Waals surface area (Å²) in [7, 11) is 0. The van der Waals surface area contributed by atoms with Crippen molar-refractivity contribution in [2.24, 2.45) is 5.92 Å². The van der Waals surface area contributed by atoms with Crippen LogP contribution in [0.4, 0.5) is 4.79 Å². The Bertz CT molecular complexity index is 457. The molecule has 0 aromatic carbocycles. The Labute approximate surface area is 111 Å². The molecular weight excluding hydrogens is 246 g/mol. The van der Waals surface area contributed by atoms with E-state index in [2.05, 4.69) is 4.98 Å². The first-order valence-electron chi connectivity index (χ1n) is 6.28. The number of amides is 2. The van der Waals surface area contributed by atoms with Crippen LogP contribution in [0.15, 0.2) is 24.4 Å². The Hall–Kier alpha value is -2.11. The number of aliphatic carboxylic acids is 1. The highest BCUT2D eigenvalue weighted by molar-refractivity contribution is 5.79. The third-order valence-electron chi connectivity index (χ3n) is 3.23. The summed E-state index contributed by atoms with van der Waals surface area (Å²) in [5.41, 5.74) is 0.827. The summed E-state index contributed by atoms with van der Waals surface area (Å²) in [6.45, 7) is 3.52. The number of hydrogen-bond acceptors (Lipinski definition) is 3. The first kappa shape index (κ1) is 13.3. The van der Waals surface area contributed by atoms with Crippen LogP contribution >= 0.6 is 0 Å². The van der Waals surface area contributed by atoms with E-state index in [0.717, 1.165) is 5.69 Å². The lowest BCUT2D eigenvalue weighted by molar-refractivity contribution is -0.146. The second-order valence-electron chi connectivity index (χ2n) is 4.56. The van der Waals surface area contributed by atoms with Gasteiger partial charge in [0.25, 0.3) is 0 Å². The van der Waals surface area contributed by atoms with Gasteiger partial charge in [0.2, 0.25) is 0 Å². The number of carbonyl (C=O) groups excluding carboxylic acids is 1. The number of aromatic nitrogens is 1. The maximum atomic E-state index is 12.2. The van der Waals surface area contributed by atoms with E-state index >= 15 is 0 Å². The third kappa shape index (κ3) is 3.01. The minimum Gasteiger partial charge on any atom is -0.481 e. The van der Waals surface area contributed by atoms with Gasteiger partial charge in [-0.15, -0.1) is 0 Å². The summed E-state index contributed by atoms with van der Waals surface area (Å²) in [5.74, 6) is -1.26. The molecule has 1 aromatic rings. The van der Waals surface area contributed by atoms with Crippen molar-refractivity contribution in [2.75, 3.05) is 19.6 Å². The molecule has 0 spiro atoms. The molecule has 102 valence electrons. The number of hydrogen-bond donors (Lipinski definition) is 1. The van der Waals surface area contributed by atoms with Crippen molar-refractivity contribution in [2.45, 2.75) is 13.5 Å². The molecule has 0 unspecified atom stereocenters. The Balaban J connectivity index is 1.92. The predicted octanol–water partition coefficient (Wildman–Crippen LogP) is 1.04. The van der Waals surface area contributed by atoms with Gasteiger partial charge in [0, 0.05) is 25.8 Å². The fraction of sp³-hybridized carbons (Fsp3) is 0.462. The SMILES string of the molecule is CCN(Cc1ccccn1)C(=O)N1CC(C(=O)O)C1. The lowest BCUT2D eigenvalue weighted by atomic mass is 10.0. The number of carbonyl (C=O) groups is 2. The highest BCUT2D eigenvalue weighted by atomic mass is 16.4. The number of nitrogens with zero attached hydrogens (tertiary/aromatic N) is 3. The standard InChI is InChI=1S/C13H17N3O3/c1-2-15(9-11-5-3-4-6-14-11)13(19)16-7-10(8-16)12(17)18/h3-6,10H,2,7-9H2,1H3,(H,17,18). The Morgan fingerprint density at radius 1 is 1.47 bits per heavy atom. The van der Waals surface area contributed by atoms with Crippen LogP contribution in [0.1, 0.15) is 12.6 Å². The van der Waals surface area contributed by atoms with Crippen molar-refractivity contribution < 1.29 is 14.7 Å². The molecular formula is C13H17N3O3. The molecule has 0 saturated carbocycles. The van der Waals surface area contributed by atoms with Gasteiger partial charge in [-0.2, -0.15) is 0 Å². The number of carboxylic acid groups (broad SMARTS) is 1. The lowest BCUT2D eigenvalue weighted by Gasteiger charge is -2.39. The van der Waals surface area contributed by atoms with Crippen molar-refractivity contribution in [1.82, 2.24) is 14.8 Å². The largest absolute Gasteiger partial charge is 0.481 e. The second kappa shape index (κ2) is 5.69. The molecule has 2 amide bonds. The van der Waals surface area contributed by atoms with Crippen LogP contribution in [0.3, 0.4) is 0 Å². The molecule has 1 saturated heterocycles. The smallest absolute Gasteiger partial charge is 0.320 e. The zero-order valence-corrected chi connectivity index (χ0v) is 10.8. The van der Waals surface area contributed by atoms with Crippen LogP contribution < -0.4 is 0 Å². The first-order valence-corrected chi connectivity index (χ1v) is 6.28. The van der Waals surface area contributed by atoms with Gasteiger partial charge >= 0.3 is 12.0 Å². The van der Waals surface area contributed by atoms with Crippen LogP contribution in [0.25, 0.3) is 0 Å². The van der Waals surface area contributed by atoms with E-state index in [0.29, 0.717) is 26.2 Å². The van der Waals surface area contributed by atoms with Crippen LogP contribution in [-0.4, -0.2) is 51.5 Å². The number of likely N-dealkylation sites (tertiary alicyclic amines) is 1. The van der Waals surface area contributed by atoms with E-state index in [-0.39, 0.29) is 6.03 Å². The topological polar surface area (TPSA) is 73.7 Å². The van der Waals surface area contributed by atoms with Crippen molar-refractivity contribution in [1.29, 1.82) is 0 Å². The van der Waals surface area contributed by atoms with Gasteiger partial charge in [0.15, 0.2) is 0 Å². The number of urea groups is 1. The molecule has 0 radical (unpaired) electrons. The molecule has 0 bridgehead atoms. The molecule has 0 aliphatic carbocycles. The van der Waals surface area contributed by atoms with Crippen LogP contribution in [-0.2, 0) is 11.3 Å². The number of carboxylic acids is 1. The molecule has 2 rings (SSSR count). The summed E-state index contributed by atoms with van der Waals surface area (Å²) >= 11 is 0. The molecule has 6 nitrogen and oxygen atoms in total. The van der Waals surface area contributed by atoms with Crippen molar-refractivity contribution in [3.05, 3.63) is 30.1 Å². The van der Waals surface area contributed by atoms with E-state index in [1.165, 1.54) is 0 Å². The molecule has 1 fully saturated rings. The van der Waals surface area contributed by atoms with Crippen LogP contribution in [0.2, 0.25) is 0 Å². The van der Waals surface area contributed by atoms with Gasteiger partial charge in [-0.3, -0.25) is 9.78 Å². The van der Waals surface area contributed by atoms with E-state index in [1.54, 1.807) is 16.0 Å². The van der Waals surface area contributed by atoms with E-state index in [4.69, 9.17) is 5.11 Å². The molecule has 2 heterocycles. The predicted molar refractivity (Wildman–Crippen MR) is 68.4 cm³/mol. The molecule has 0 atom stereocenters. The maximum absolute atomic E-state index is 12.2. The fourth-order valence-corrected chi connectivity index (χ4v) is 1.99. The molecule has 1 N–H and O–H groups in total. The molecule has 1 aliphatic rings. The van der Waals surface area contributed by atoms with E-state index in [9.17, 15) is 9.59 Å². The average molecular weight is 263 g/mol. The van der Waals surface area contributed by atoms with Crippen LogP contribution in [0.5, 0.6) is 0 Å². The second-order valence-corrected chi connectivity index (χ2v) is 4.56. The molecule has 19 heavy (non-hydrogen) atoms. The Morgan fingerprint density at radius 3 is 2.74 bits per heavy atom. The number of pyridine rings is 1. The average Bonchev–Trinajstić information content (AvgIpc) is 2.34. The number of rotatable bonds is 4. The maximum Gasteiger partial charge on any atom is 0.320 e. The zero-order chi connectivity index (χ0) is 13.8. The summed E-state index contributed by atoms with van der Waals surface area (Å²) in [5, 5.41) is 8.80. The Morgan fingerprint density at radius 2 is 2.21 bits per heavy atom. The minimum absolute atomic E-state index is 0.120. The summed E-state index contributed by atoms with van der Waals surface area (Å²) in [6.07, 6.45) is 1.69. The quantitative estimate of drug-likeness (QED) is 0.880. The lowest BCUT2D eigenvalue weighted by Crippen LogP contribution is -2.56. The van der Waals surface area contributed by atoms with E-state index in [1.807, 2.05) is 25.1 Å². The van der Waals surface area contributed by atoms with Gasteiger partial charge in [0.05, 0.1) is 18.2 Å². The zero-order valence-electron chi connectivity index (χ0n) is 10.8. The normalized spacial score (nSPS) is 14.9. The fourth-order valence-electron chi connectivity index (χ4n) is 1.99. The first-order chi connectivity index (χ1) is 9.11. The molecule has 1 aromatic heterocycles. The Kier molecular flexibility index (Phi) is 3.99. The summed E-state index contributed by atoms with van der Waals surface area (Å²) in [4.78, 5) is 30.3. The van der Waals surface area contributed by atoms with Gasteiger partial charge < -0.3 is 14.9 Å². The summed E-state index contributed by atoms with van der Waals surface area (Å²) in [6, 6.07) is 5.45. The van der Waals surface area contributed by atoms with Gasteiger partial charge in [-0.25, -0.2) is 4.79 Å². The molecule has 1 aliphatic heterocycles. The third-order valence-corrected chi connectivity index (χ3v) is 3.23. The van der Waals surface area contributed by atoms with E-state index < -0.39 is 11.9 Å². The van der Waals surface area contributed by atoms with Crippen LogP contribution in [0, 0.1) is 5.92 Å². The molecule has 6 heteroatoms. The van der Waals surface area contributed by atoms with Crippen molar-refractivity contribution in [3.8, 4) is 0 Å². The summed E-state index contributed by atoms with van der Waals surface area (Å²) < 4.78 is 0. The van der Waals surface area contributed by atoms with Gasteiger partial charge in [-0.05, 0) is 19.1 Å². The minimum atomic E-state index is -0.836. The van der Waals surface area contributed by atoms with Crippen molar-refractivity contribution in [3.63, 3.8) is 0 Å². The van der Waals surface area contributed by atoms with Gasteiger partial charge in [0.1, 0.15) is 0 Å². The van der Waals surface area contributed by atoms with Gasteiger partial charge in [-0.1, -0.05) is 6.07 Å². The highest BCUT2D eigenvalue weighted by Gasteiger charge is 2.37. The highest BCUT2D eigenvalue weighted by Crippen LogP contribution is 2.18. The van der Waals surface area contributed by atoms with Crippen molar-refractivity contribution >= 4 is 12.0 Å².